The summed E-state index contributed by atoms with van der Waals surface area (Å²) in [6.45, 7) is 0.872. The maximum Gasteiger partial charge on any atom is 0.276 e. The third-order valence-electron chi connectivity index (χ3n) is 3.87. The molecule has 0 saturated heterocycles. The molecule has 7 heteroatoms. The monoisotopic (exact) mass is 364 g/mol. The van der Waals surface area contributed by atoms with Gasteiger partial charge in [-0.25, -0.2) is 4.68 Å². The molecule has 4 aromatic rings. The molecule has 4 rings (SSSR count). The zero-order chi connectivity index (χ0) is 17.8. The van der Waals surface area contributed by atoms with Gasteiger partial charge in [0.15, 0.2) is 5.69 Å². The molecule has 0 bridgehead atoms. The summed E-state index contributed by atoms with van der Waals surface area (Å²) in [6, 6.07) is 17.2. The topological polar surface area (TPSA) is 64.2 Å². The van der Waals surface area contributed by atoms with E-state index in [0.29, 0.717) is 18.8 Å². The van der Waals surface area contributed by atoms with Crippen molar-refractivity contribution >= 4 is 17.2 Å². The average Bonchev–Trinajstić information content (AvgIpc) is 3.44. The molecule has 0 unspecified atom stereocenters. The lowest BCUT2D eigenvalue weighted by molar-refractivity contribution is 0.0713. The number of amides is 1. The van der Waals surface area contributed by atoms with E-state index in [1.807, 2.05) is 60.0 Å². The lowest BCUT2D eigenvalue weighted by Gasteiger charge is -2.19. The lowest BCUT2D eigenvalue weighted by Crippen LogP contribution is -2.30. The molecule has 0 fully saturated rings. The molecule has 0 aliphatic carbocycles. The van der Waals surface area contributed by atoms with Gasteiger partial charge in [-0.2, -0.15) is 0 Å². The van der Waals surface area contributed by atoms with Gasteiger partial charge < -0.3 is 9.32 Å². The zero-order valence-electron chi connectivity index (χ0n) is 13.9. The summed E-state index contributed by atoms with van der Waals surface area (Å²) in [7, 11) is 0. The standard InChI is InChI=1S/C19H16N4O2S/c24-19(18-14-23(21-20-18)15-6-2-1-3-7-15)22(12-16-8-4-10-25-16)13-17-9-5-11-26-17/h1-11,14H,12-13H2. The molecule has 1 aromatic carbocycles. The van der Waals surface area contributed by atoms with Gasteiger partial charge in [-0.05, 0) is 35.7 Å². The van der Waals surface area contributed by atoms with Crippen molar-refractivity contribution in [1.29, 1.82) is 0 Å². The van der Waals surface area contributed by atoms with Crippen molar-refractivity contribution in [2.45, 2.75) is 13.1 Å². The van der Waals surface area contributed by atoms with Crippen LogP contribution in [-0.4, -0.2) is 25.8 Å². The van der Waals surface area contributed by atoms with Gasteiger partial charge in [0.25, 0.3) is 5.91 Å². The number of benzene rings is 1. The molecular weight excluding hydrogens is 348 g/mol. The first kappa shape index (κ1) is 16.3. The molecule has 130 valence electrons. The van der Waals surface area contributed by atoms with Gasteiger partial charge in [0.05, 0.1) is 31.2 Å². The Hall–Kier alpha value is -3.19. The summed E-state index contributed by atoms with van der Waals surface area (Å²) >= 11 is 1.61. The summed E-state index contributed by atoms with van der Waals surface area (Å²) in [5.74, 6) is 0.544. The van der Waals surface area contributed by atoms with Crippen LogP contribution in [-0.2, 0) is 13.1 Å². The molecule has 26 heavy (non-hydrogen) atoms. The first-order valence-corrected chi connectivity index (χ1v) is 8.99. The van der Waals surface area contributed by atoms with E-state index in [0.717, 1.165) is 16.3 Å². The molecule has 0 N–H and O–H groups in total. The van der Waals surface area contributed by atoms with Crippen molar-refractivity contribution in [3.63, 3.8) is 0 Å². The number of carbonyl (C=O) groups excluding carboxylic acids is 1. The Morgan fingerprint density at radius 3 is 2.69 bits per heavy atom. The molecule has 0 aliphatic rings. The van der Waals surface area contributed by atoms with E-state index in [4.69, 9.17) is 4.42 Å². The van der Waals surface area contributed by atoms with Crippen LogP contribution in [0.1, 0.15) is 21.1 Å². The number of thiophene rings is 1. The Balaban J connectivity index is 1.58. The van der Waals surface area contributed by atoms with Gasteiger partial charge >= 0.3 is 0 Å². The Bertz CT molecular complexity index is 926. The van der Waals surface area contributed by atoms with Gasteiger partial charge in [0, 0.05) is 4.88 Å². The Kier molecular flexibility index (Phi) is 4.61. The molecule has 3 aromatic heterocycles. The molecule has 0 aliphatic heterocycles. The highest BCUT2D eigenvalue weighted by molar-refractivity contribution is 7.09. The second-order valence-corrected chi connectivity index (χ2v) is 6.74. The second-order valence-electron chi connectivity index (χ2n) is 5.70. The van der Waals surface area contributed by atoms with Crippen LogP contribution in [0.4, 0.5) is 0 Å². The highest BCUT2D eigenvalue weighted by Crippen LogP contribution is 2.17. The van der Waals surface area contributed by atoms with E-state index in [9.17, 15) is 4.79 Å². The number of nitrogens with zero attached hydrogens (tertiary/aromatic N) is 4. The average molecular weight is 364 g/mol. The van der Waals surface area contributed by atoms with Gasteiger partial charge in [0.1, 0.15) is 5.76 Å². The van der Waals surface area contributed by atoms with Crippen molar-refractivity contribution in [3.8, 4) is 5.69 Å². The third-order valence-corrected chi connectivity index (χ3v) is 4.74. The predicted molar refractivity (Wildman–Crippen MR) is 98.0 cm³/mol. The van der Waals surface area contributed by atoms with Crippen molar-refractivity contribution in [1.82, 2.24) is 19.9 Å². The van der Waals surface area contributed by atoms with Gasteiger partial charge in [-0.15, -0.1) is 16.4 Å². The molecule has 0 spiro atoms. The minimum atomic E-state index is -0.183. The van der Waals surface area contributed by atoms with Crippen LogP contribution in [0.25, 0.3) is 5.69 Å². The Morgan fingerprint density at radius 2 is 1.96 bits per heavy atom. The molecule has 0 atom stereocenters. The van der Waals surface area contributed by atoms with Crippen LogP contribution in [0.5, 0.6) is 0 Å². The molecule has 0 radical (unpaired) electrons. The van der Waals surface area contributed by atoms with Gasteiger partial charge in [0.2, 0.25) is 0 Å². The van der Waals surface area contributed by atoms with Crippen molar-refractivity contribution in [2.24, 2.45) is 0 Å². The van der Waals surface area contributed by atoms with Crippen LogP contribution < -0.4 is 0 Å². The largest absolute Gasteiger partial charge is 0.467 e. The smallest absolute Gasteiger partial charge is 0.276 e. The van der Waals surface area contributed by atoms with Crippen molar-refractivity contribution in [3.05, 3.63) is 88.8 Å². The highest BCUT2D eigenvalue weighted by Gasteiger charge is 2.21. The Morgan fingerprint density at radius 1 is 1.08 bits per heavy atom. The second kappa shape index (κ2) is 7.37. The quantitative estimate of drug-likeness (QED) is 0.522. The minimum Gasteiger partial charge on any atom is -0.467 e. The van der Waals surface area contributed by atoms with Crippen LogP contribution >= 0.6 is 11.3 Å². The maximum absolute atomic E-state index is 13.0. The fourth-order valence-electron chi connectivity index (χ4n) is 2.61. The number of carbonyl (C=O) groups is 1. The number of rotatable bonds is 6. The fraction of sp³-hybridized carbons (Fsp3) is 0.105. The number of furan rings is 1. The van der Waals surface area contributed by atoms with E-state index in [-0.39, 0.29) is 5.91 Å². The molecule has 3 heterocycles. The summed E-state index contributed by atoms with van der Waals surface area (Å²) in [4.78, 5) is 15.8. The van der Waals surface area contributed by atoms with Crippen LogP contribution in [0.15, 0.2) is 76.9 Å². The highest BCUT2D eigenvalue weighted by atomic mass is 32.1. The van der Waals surface area contributed by atoms with Crippen LogP contribution in [0.2, 0.25) is 0 Å². The van der Waals surface area contributed by atoms with Gasteiger partial charge in [-0.3, -0.25) is 4.79 Å². The predicted octanol–water partition coefficient (Wildman–Crippen LogP) is 3.76. The van der Waals surface area contributed by atoms with Crippen LogP contribution in [0.3, 0.4) is 0 Å². The van der Waals surface area contributed by atoms with Crippen LogP contribution in [0, 0.1) is 0 Å². The molecule has 6 nitrogen and oxygen atoms in total. The number of hydrogen-bond acceptors (Lipinski definition) is 5. The van der Waals surface area contributed by atoms with Crippen molar-refractivity contribution < 1.29 is 9.21 Å². The SMILES string of the molecule is O=C(c1cn(-c2ccccc2)nn1)N(Cc1ccco1)Cc1cccs1. The van der Waals surface area contributed by atoms with Gasteiger partial charge in [-0.1, -0.05) is 29.5 Å². The summed E-state index contributed by atoms with van der Waals surface area (Å²) in [5.41, 5.74) is 1.16. The van der Waals surface area contributed by atoms with E-state index in [1.54, 1.807) is 33.4 Å². The number of hydrogen-bond donors (Lipinski definition) is 0. The Labute approximate surface area is 154 Å². The number of aromatic nitrogens is 3. The normalized spacial score (nSPS) is 10.8. The number of para-hydroxylation sites is 1. The van der Waals surface area contributed by atoms with E-state index < -0.39 is 0 Å². The molecule has 1 amide bonds. The first-order valence-electron chi connectivity index (χ1n) is 8.11. The molecular formula is C19H16N4O2S. The molecule has 0 saturated carbocycles. The summed E-state index contributed by atoms with van der Waals surface area (Å²) < 4.78 is 7.01. The van der Waals surface area contributed by atoms with E-state index >= 15 is 0 Å². The van der Waals surface area contributed by atoms with E-state index in [1.165, 1.54) is 0 Å². The minimum absolute atomic E-state index is 0.183. The van der Waals surface area contributed by atoms with Crippen molar-refractivity contribution in [2.75, 3.05) is 0 Å². The lowest BCUT2D eigenvalue weighted by atomic mass is 10.3. The fourth-order valence-corrected chi connectivity index (χ4v) is 3.33. The first-order chi connectivity index (χ1) is 12.8. The maximum atomic E-state index is 13.0. The summed E-state index contributed by atoms with van der Waals surface area (Å²) in [6.07, 6.45) is 3.26. The third kappa shape index (κ3) is 3.57. The van der Waals surface area contributed by atoms with E-state index in [2.05, 4.69) is 10.3 Å². The zero-order valence-corrected chi connectivity index (χ0v) is 14.7. The summed E-state index contributed by atoms with van der Waals surface area (Å²) in [5, 5.41) is 10.1.